The fraction of sp³-hybridized carbons (Fsp3) is 0.0435. The predicted octanol–water partition coefficient (Wildman–Crippen LogP) is 6.32. The van der Waals surface area contributed by atoms with Gasteiger partial charge in [0, 0.05) is 11.4 Å². The normalized spacial score (nSPS) is 8.89. The lowest BCUT2D eigenvalue weighted by Crippen LogP contribution is -1.85. The molecule has 0 spiro atoms. The third-order valence-electron chi connectivity index (χ3n) is 3.81. The molecule has 0 aliphatic rings. The first-order chi connectivity index (χ1) is 11.7. The number of fused-ring (bicyclic) bond motifs is 1. The van der Waals surface area contributed by atoms with Gasteiger partial charge in [-0.25, -0.2) is 0 Å². The average molecular weight is 363 g/mol. The first kappa shape index (κ1) is 23.7. The maximum absolute atomic E-state index is 5.61. The molecule has 0 aromatic heterocycles. The maximum Gasteiger partial charge on any atom is 0.0314 e. The summed E-state index contributed by atoms with van der Waals surface area (Å²) in [5.41, 5.74) is 15.1. The van der Waals surface area contributed by atoms with E-state index in [-0.39, 0.29) is 19.7 Å². The molecule has 10 N–H and O–H groups in total. The SMILES string of the molecule is C.N.N.Nc1ccc(-c2ccc(N)cc2)cc1.c1ccc2ccccc2c1. The fourth-order valence-electron chi connectivity index (χ4n) is 2.48. The monoisotopic (exact) mass is 362 g/mol. The van der Waals surface area contributed by atoms with Crippen LogP contribution in [0.25, 0.3) is 21.9 Å². The second-order valence-corrected chi connectivity index (χ2v) is 5.59. The van der Waals surface area contributed by atoms with Gasteiger partial charge in [0.1, 0.15) is 0 Å². The van der Waals surface area contributed by atoms with Gasteiger partial charge in [0.25, 0.3) is 0 Å². The molecule has 0 unspecified atom stereocenters. The Labute approximate surface area is 162 Å². The zero-order chi connectivity index (χ0) is 16.8. The van der Waals surface area contributed by atoms with E-state index < -0.39 is 0 Å². The molecule has 4 rings (SSSR count). The van der Waals surface area contributed by atoms with E-state index in [1.165, 1.54) is 10.8 Å². The molecular formula is C23H30N4. The lowest BCUT2D eigenvalue weighted by molar-refractivity contribution is 1.61. The summed E-state index contributed by atoms with van der Waals surface area (Å²) >= 11 is 0. The largest absolute Gasteiger partial charge is 0.399 e. The zero-order valence-electron chi connectivity index (χ0n) is 14.8. The first-order valence-electron chi connectivity index (χ1n) is 7.87. The van der Waals surface area contributed by atoms with Crippen LogP contribution in [0.2, 0.25) is 0 Å². The standard InChI is InChI=1S/C12H12N2.C10H8.CH4.2H3N/c13-11-5-1-9(2-6-11)10-3-7-12(14)8-4-10;1-2-6-10-8-4-3-7-9(10)5-1;;;/h1-8H,13-14H2;1-8H;1H4;2*1H3. The van der Waals surface area contributed by atoms with Crippen LogP contribution in [-0.4, -0.2) is 0 Å². The van der Waals surface area contributed by atoms with E-state index in [2.05, 4.69) is 48.5 Å². The van der Waals surface area contributed by atoms with Crippen LogP contribution in [-0.2, 0) is 0 Å². The molecule has 4 nitrogen and oxygen atoms in total. The van der Waals surface area contributed by atoms with Crippen LogP contribution in [0.1, 0.15) is 7.43 Å². The highest BCUT2D eigenvalue weighted by molar-refractivity contribution is 5.82. The second kappa shape index (κ2) is 11.3. The summed E-state index contributed by atoms with van der Waals surface area (Å²) in [6.07, 6.45) is 0. The van der Waals surface area contributed by atoms with Crippen molar-refractivity contribution >= 4 is 22.1 Å². The van der Waals surface area contributed by atoms with Gasteiger partial charge in [0.2, 0.25) is 0 Å². The lowest BCUT2D eigenvalue weighted by atomic mass is 10.1. The molecule has 27 heavy (non-hydrogen) atoms. The van der Waals surface area contributed by atoms with E-state index in [0.29, 0.717) is 0 Å². The Morgan fingerprint density at radius 3 is 0.926 bits per heavy atom. The molecular weight excluding hydrogens is 332 g/mol. The Balaban J connectivity index is 0.000000468. The predicted molar refractivity (Wildman–Crippen MR) is 121 cm³/mol. The summed E-state index contributed by atoms with van der Waals surface area (Å²) in [6.45, 7) is 0. The highest BCUT2D eigenvalue weighted by Gasteiger charge is 1.95. The maximum atomic E-state index is 5.61. The quantitative estimate of drug-likeness (QED) is 0.296. The van der Waals surface area contributed by atoms with E-state index in [9.17, 15) is 0 Å². The van der Waals surface area contributed by atoms with Crippen LogP contribution in [0, 0.1) is 0 Å². The van der Waals surface area contributed by atoms with Crippen LogP contribution < -0.4 is 23.8 Å². The van der Waals surface area contributed by atoms with Crippen molar-refractivity contribution in [3.63, 3.8) is 0 Å². The molecule has 4 aromatic carbocycles. The van der Waals surface area contributed by atoms with Crippen molar-refractivity contribution in [2.75, 3.05) is 11.5 Å². The molecule has 0 aliphatic heterocycles. The number of nitrogens with two attached hydrogens (primary N) is 2. The summed E-state index contributed by atoms with van der Waals surface area (Å²) in [6, 6.07) is 32.3. The van der Waals surface area contributed by atoms with Gasteiger partial charge in [-0.3, -0.25) is 0 Å². The lowest BCUT2D eigenvalue weighted by Gasteiger charge is -2.02. The molecule has 0 radical (unpaired) electrons. The molecule has 4 heteroatoms. The van der Waals surface area contributed by atoms with Crippen molar-refractivity contribution in [2.45, 2.75) is 7.43 Å². The summed E-state index contributed by atoms with van der Waals surface area (Å²) in [5.74, 6) is 0. The van der Waals surface area contributed by atoms with Crippen molar-refractivity contribution < 1.29 is 0 Å². The van der Waals surface area contributed by atoms with Crippen LogP contribution in [0.5, 0.6) is 0 Å². The zero-order valence-corrected chi connectivity index (χ0v) is 14.8. The van der Waals surface area contributed by atoms with Crippen LogP contribution in [0.15, 0.2) is 97.1 Å². The Morgan fingerprint density at radius 1 is 0.407 bits per heavy atom. The van der Waals surface area contributed by atoms with Crippen molar-refractivity contribution in [1.82, 2.24) is 12.3 Å². The molecule has 0 atom stereocenters. The van der Waals surface area contributed by atoms with E-state index in [1.807, 2.05) is 48.5 Å². The molecule has 0 heterocycles. The number of rotatable bonds is 1. The van der Waals surface area contributed by atoms with Gasteiger partial charge < -0.3 is 23.8 Å². The molecule has 142 valence electrons. The molecule has 0 saturated heterocycles. The van der Waals surface area contributed by atoms with Crippen molar-refractivity contribution in [1.29, 1.82) is 0 Å². The smallest absolute Gasteiger partial charge is 0.0314 e. The van der Waals surface area contributed by atoms with E-state index in [1.54, 1.807) is 0 Å². The van der Waals surface area contributed by atoms with Crippen LogP contribution in [0.4, 0.5) is 11.4 Å². The average Bonchev–Trinajstić information content (AvgIpc) is 2.64. The Morgan fingerprint density at radius 2 is 0.667 bits per heavy atom. The Bertz CT molecular complexity index is 808. The number of anilines is 2. The first-order valence-corrected chi connectivity index (χ1v) is 7.87. The second-order valence-electron chi connectivity index (χ2n) is 5.59. The Hall–Kier alpha value is -3.34. The van der Waals surface area contributed by atoms with Gasteiger partial charge in [0.15, 0.2) is 0 Å². The van der Waals surface area contributed by atoms with E-state index in [4.69, 9.17) is 11.5 Å². The number of hydrogen-bond acceptors (Lipinski definition) is 4. The van der Waals surface area contributed by atoms with Gasteiger partial charge in [0.05, 0.1) is 0 Å². The highest BCUT2D eigenvalue weighted by Crippen LogP contribution is 2.21. The molecule has 0 fully saturated rings. The summed E-state index contributed by atoms with van der Waals surface area (Å²) in [7, 11) is 0. The minimum Gasteiger partial charge on any atom is -0.399 e. The van der Waals surface area contributed by atoms with Crippen molar-refractivity contribution in [3.8, 4) is 11.1 Å². The number of hydrogen-bond donors (Lipinski definition) is 4. The molecule has 0 saturated carbocycles. The van der Waals surface area contributed by atoms with Gasteiger partial charge in [-0.1, -0.05) is 80.2 Å². The summed E-state index contributed by atoms with van der Waals surface area (Å²) in [5, 5.41) is 2.62. The highest BCUT2D eigenvalue weighted by atomic mass is 14.5. The third-order valence-corrected chi connectivity index (χ3v) is 3.81. The molecule has 4 aromatic rings. The van der Waals surface area contributed by atoms with Gasteiger partial charge in [-0.05, 0) is 46.2 Å². The van der Waals surface area contributed by atoms with Gasteiger partial charge in [-0.15, -0.1) is 0 Å². The van der Waals surface area contributed by atoms with E-state index in [0.717, 1.165) is 22.5 Å². The summed E-state index contributed by atoms with van der Waals surface area (Å²) in [4.78, 5) is 0. The summed E-state index contributed by atoms with van der Waals surface area (Å²) < 4.78 is 0. The third kappa shape index (κ3) is 6.47. The van der Waals surface area contributed by atoms with Gasteiger partial charge in [-0.2, -0.15) is 0 Å². The Kier molecular flexibility index (Phi) is 9.91. The van der Waals surface area contributed by atoms with Crippen molar-refractivity contribution in [3.05, 3.63) is 97.1 Å². The van der Waals surface area contributed by atoms with Crippen molar-refractivity contribution in [2.24, 2.45) is 0 Å². The number of nitrogen functional groups attached to an aromatic ring is 2. The molecule has 0 aliphatic carbocycles. The fourth-order valence-corrected chi connectivity index (χ4v) is 2.48. The molecule has 0 bridgehead atoms. The number of benzene rings is 4. The van der Waals surface area contributed by atoms with Gasteiger partial charge >= 0.3 is 0 Å². The minimum absolute atomic E-state index is 0. The van der Waals surface area contributed by atoms with Crippen LogP contribution in [0.3, 0.4) is 0 Å². The molecule has 0 amide bonds. The minimum atomic E-state index is 0. The van der Waals surface area contributed by atoms with E-state index >= 15 is 0 Å². The van der Waals surface area contributed by atoms with Crippen LogP contribution >= 0.6 is 0 Å². The topological polar surface area (TPSA) is 122 Å².